The predicted octanol–water partition coefficient (Wildman–Crippen LogP) is 4.57. The van der Waals surface area contributed by atoms with Crippen molar-refractivity contribution in [3.63, 3.8) is 0 Å². The molecule has 0 amide bonds. The largest absolute Gasteiger partial charge is 0.354 e. The average Bonchev–Trinajstić information content (AvgIpc) is 2.87. The van der Waals surface area contributed by atoms with E-state index in [0.717, 1.165) is 34.7 Å². The molecular weight excluding hydrogens is 280 g/mol. The predicted molar refractivity (Wildman–Crippen MR) is 90.7 cm³/mol. The molecule has 0 radical (unpaired) electrons. The molecule has 0 aliphatic carbocycles. The second-order valence-corrected chi connectivity index (χ2v) is 6.12. The first-order valence-electron chi connectivity index (χ1n) is 7.10. The molecule has 2 aromatic heterocycles. The van der Waals surface area contributed by atoms with Crippen molar-refractivity contribution >= 4 is 39.0 Å². The summed E-state index contributed by atoms with van der Waals surface area (Å²) in [5, 5.41) is 7.73. The van der Waals surface area contributed by atoms with E-state index in [2.05, 4.69) is 40.5 Å². The zero-order valence-corrected chi connectivity index (χ0v) is 13.0. The lowest BCUT2D eigenvalue weighted by Crippen LogP contribution is -2.05. The van der Waals surface area contributed by atoms with Crippen LogP contribution in [-0.2, 0) is 0 Å². The van der Waals surface area contributed by atoms with Gasteiger partial charge in [-0.2, -0.15) is 4.98 Å². The molecule has 108 valence electrons. The fourth-order valence-corrected chi connectivity index (χ4v) is 2.99. The van der Waals surface area contributed by atoms with Gasteiger partial charge in [-0.1, -0.05) is 25.1 Å². The van der Waals surface area contributed by atoms with Gasteiger partial charge in [0.15, 0.2) is 0 Å². The van der Waals surface area contributed by atoms with Crippen LogP contribution in [0.2, 0.25) is 0 Å². The Hall–Kier alpha value is -2.14. The molecule has 5 heteroatoms. The van der Waals surface area contributed by atoms with Crippen molar-refractivity contribution in [1.29, 1.82) is 0 Å². The van der Waals surface area contributed by atoms with E-state index in [9.17, 15) is 0 Å². The molecule has 0 aliphatic heterocycles. The summed E-state index contributed by atoms with van der Waals surface area (Å²) in [6, 6.07) is 12.2. The van der Waals surface area contributed by atoms with E-state index in [-0.39, 0.29) is 0 Å². The Morgan fingerprint density at radius 1 is 1.14 bits per heavy atom. The second kappa shape index (κ2) is 6.10. The summed E-state index contributed by atoms with van der Waals surface area (Å²) >= 11 is 1.69. The third-order valence-corrected chi connectivity index (χ3v) is 4.03. The number of thiophene rings is 1. The van der Waals surface area contributed by atoms with Gasteiger partial charge in [0, 0.05) is 17.1 Å². The van der Waals surface area contributed by atoms with Gasteiger partial charge in [-0.15, -0.1) is 11.3 Å². The fraction of sp³-hybridized carbons (Fsp3) is 0.250. The van der Waals surface area contributed by atoms with Crippen molar-refractivity contribution in [2.45, 2.75) is 20.3 Å². The Kier molecular flexibility index (Phi) is 4.01. The average molecular weight is 298 g/mol. The minimum atomic E-state index is 0.685. The smallest absolute Gasteiger partial charge is 0.226 e. The van der Waals surface area contributed by atoms with E-state index in [4.69, 9.17) is 0 Å². The van der Waals surface area contributed by atoms with Crippen LogP contribution in [0.5, 0.6) is 0 Å². The van der Waals surface area contributed by atoms with Gasteiger partial charge in [-0.3, -0.25) is 0 Å². The molecule has 0 atom stereocenters. The Balaban J connectivity index is 2.01. The van der Waals surface area contributed by atoms with Crippen LogP contribution >= 0.6 is 11.3 Å². The van der Waals surface area contributed by atoms with E-state index < -0.39 is 0 Å². The summed E-state index contributed by atoms with van der Waals surface area (Å²) in [6.07, 6.45) is 1.05. The summed E-state index contributed by atoms with van der Waals surface area (Å²) in [7, 11) is 0. The van der Waals surface area contributed by atoms with Crippen molar-refractivity contribution in [2.24, 2.45) is 0 Å². The van der Waals surface area contributed by atoms with Gasteiger partial charge < -0.3 is 10.6 Å². The monoisotopic (exact) mass is 298 g/mol. The molecule has 4 nitrogen and oxygen atoms in total. The zero-order chi connectivity index (χ0) is 14.7. The number of hydrogen-bond acceptors (Lipinski definition) is 5. The summed E-state index contributed by atoms with van der Waals surface area (Å²) in [6.45, 7) is 5.10. The Bertz CT molecular complexity index is 737. The van der Waals surface area contributed by atoms with Gasteiger partial charge in [0.1, 0.15) is 10.6 Å². The summed E-state index contributed by atoms with van der Waals surface area (Å²) in [4.78, 5) is 11.5. The lowest BCUT2D eigenvalue weighted by atomic mass is 10.3. The molecule has 0 aliphatic rings. The van der Waals surface area contributed by atoms with Gasteiger partial charge in [0.25, 0.3) is 0 Å². The molecule has 0 bridgehead atoms. The molecule has 0 fully saturated rings. The summed E-state index contributed by atoms with van der Waals surface area (Å²) in [5.41, 5.74) is 1.03. The van der Waals surface area contributed by atoms with E-state index in [1.165, 1.54) is 4.88 Å². The number of aromatic nitrogens is 2. The standard InChI is InChI=1S/C16H18N4S/c1-3-9-17-16-19-14(18-12-7-5-4-6-8-12)13-10-11(2)21-15(13)20-16/h4-8,10H,3,9H2,1-2H3,(H2,17,18,19,20). The Morgan fingerprint density at radius 3 is 2.71 bits per heavy atom. The third-order valence-electron chi connectivity index (χ3n) is 3.09. The number of hydrogen-bond donors (Lipinski definition) is 2. The molecular formula is C16H18N4S. The van der Waals surface area contributed by atoms with E-state index in [0.29, 0.717) is 5.95 Å². The van der Waals surface area contributed by atoms with Crippen LogP contribution in [0.25, 0.3) is 10.2 Å². The van der Waals surface area contributed by atoms with E-state index in [1.807, 2.05) is 30.3 Å². The van der Waals surface area contributed by atoms with Crippen molar-refractivity contribution in [1.82, 2.24) is 9.97 Å². The molecule has 3 rings (SSSR count). The topological polar surface area (TPSA) is 49.8 Å². The van der Waals surface area contributed by atoms with E-state index >= 15 is 0 Å². The fourth-order valence-electron chi connectivity index (χ4n) is 2.11. The molecule has 2 N–H and O–H groups in total. The number of nitrogens with zero attached hydrogens (tertiary/aromatic N) is 2. The maximum Gasteiger partial charge on any atom is 0.226 e. The highest BCUT2D eigenvalue weighted by molar-refractivity contribution is 7.18. The number of anilines is 3. The number of fused-ring (bicyclic) bond motifs is 1. The normalized spacial score (nSPS) is 10.8. The lowest BCUT2D eigenvalue weighted by molar-refractivity contribution is 0.958. The molecule has 1 aromatic carbocycles. The first-order valence-corrected chi connectivity index (χ1v) is 7.92. The maximum absolute atomic E-state index is 4.62. The van der Waals surface area contributed by atoms with Crippen LogP contribution in [0.4, 0.5) is 17.5 Å². The molecule has 0 spiro atoms. The number of rotatable bonds is 5. The van der Waals surface area contributed by atoms with Crippen molar-refractivity contribution in [3.8, 4) is 0 Å². The van der Waals surface area contributed by atoms with Gasteiger partial charge in [-0.25, -0.2) is 4.98 Å². The van der Waals surface area contributed by atoms with Crippen LogP contribution in [0, 0.1) is 6.92 Å². The van der Waals surface area contributed by atoms with Crippen molar-refractivity contribution < 1.29 is 0 Å². The van der Waals surface area contributed by atoms with Gasteiger partial charge in [0.2, 0.25) is 5.95 Å². The Labute approximate surface area is 128 Å². The molecule has 0 saturated heterocycles. The highest BCUT2D eigenvalue weighted by Gasteiger charge is 2.10. The number of benzene rings is 1. The van der Waals surface area contributed by atoms with Crippen LogP contribution < -0.4 is 10.6 Å². The molecule has 0 saturated carbocycles. The van der Waals surface area contributed by atoms with Gasteiger partial charge in [-0.05, 0) is 31.5 Å². The van der Waals surface area contributed by atoms with E-state index in [1.54, 1.807) is 11.3 Å². The highest BCUT2D eigenvalue weighted by atomic mass is 32.1. The van der Waals surface area contributed by atoms with Crippen molar-refractivity contribution in [2.75, 3.05) is 17.2 Å². The zero-order valence-electron chi connectivity index (χ0n) is 12.2. The first-order chi connectivity index (χ1) is 10.3. The third kappa shape index (κ3) is 3.13. The maximum atomic E-state index is 4.62. The SMILES string of the molecule is CCCNc1nc(Nc2ccccc2)c2cc(C)sc2n1. The molecule has 0 unspecified atom stereocenters. The van der Waals surface area contributed by atoms with Crippen LogP contribution in [-0.4, -0.2) is 16.5 Å². The molecule has 21 heavy (non-hydrogen) atoms. The second-order valence-electron chi connectivity index (χ2n) is 4.89. The van der Waals surface area contributed by atoms with Crippen LogP contribution in [0.1, 0.15) is 18.2 Å². The Morgan fingerprint density at radius 2 is 1.95 bits per heavy atom. The molecule has 3 aromatic rings. The van der Waals surface area contributed by atoms with Gasteiger partial charge in [0.05, 0.1) is 5.39 Å². The highest BCUT2D eigenvalue weighted by Crippen LogP contribution is 2.31. The summed E-state index contributed by atoms with van der Waals surface area (Å²) < 4.78 is 0. The quantitative estimate of drug-likeness (QED) is 0.724. The number of aryl methyl sites for hydroxylation is 1. The molecule has 2 heterocycles. The lowest BCUT2D eigenvalue weighted by Gasteiger charge is -2.09. The summed E-state index contributed by atoms with van der Waals surface area (Å²) in [5.74, 6) is 1.54. The van der Waals surface area contributed by atoms with Crippen LogP contribution in [0.15, 0.2) is 36.4 Å². The van der Waals surface area contributed by atoms with Crippen molar-refractivity contribution in [3.05, 3.63) is 41.3 Å². The number of nitrogens with one attached hydrogen (secondary N) is 2. The minimum Gasteiger partial charge on any atom is -0.354 e. The first kappa shape index (κ1) is 13.8. The van der Waals surface area contributed by atoms with Gasteiger partial charge >= 0.3 is 0 Å². The minimum absolute atomic E-state index is 0.685. The van der Waals surface area contributed by atoms with Crippen LogP contribution in [0.3, 0.4) is 0 Å². The number of para-hydroxylation sites is 1.